The molecule has 0 fully saturated rings. The van der Waals surface area contributed by atoms with Gasteiger partial charge in [-0.1, -0.05) is 0 Å². The van der Waals surface area contributed by atoms with Gasteiger partial charge in [-0.3, -0.25) is 0 Å². The van der Waals surface area contributed by atoms with Crippen LogP contribution in [0, 0.1) is 6.92 Å². The lowest BCUT2D eigenvalue weighted by Gasteiger charge is -1.89. The van der Waals surface area contributed by atoms with Crippen molar-refractivity contribution in [2.45, 2.75) is 6.92 Å². The van der Waals surface area contributed by atoms with Crippen molar-refractivity contribution < 1.29 is 0 Å². The van der Waals surface area contributed by atoms with E-state index in [-0.39, 0.29) is 0 Å². The van der Waals surface area contributed by atoms with E-state index in [9.17, 15) is 0 Å². The second kappa shape index (κ2) is 2.22. The monoisotopic (exact) mass is 172 g/mol. The third kappa shape index (κ3) is 1.04. The van der Waals surface area contributed by atoms with Gasteiger partial charge in [0.1, 0.15) is 0 Å². The molecule has 0 saturated heterocycles. The van der Waals surface area contributed by atoms with E-state index in [1.807, 2.05) is 6.92 Å². The molecule has 1 aromatic heterocycles. The largest absolute Gasteiger partial charge is 0.159 e. The number of aromatic nitrogens is 2. The van der Waals surface area contributed by atoms with Gasteiger partial charge < -0.3 is 0 Å². The topological polar surface area (TPSA) is 25.8 Å². The Labute approximate surface area is 56.1 Å². The zero-order chi connectivity index (χ0) is 5.98. The molecule has 8 heavy (non-hydrogen) atoms. The smallest absolute Gasteiger partial charge is 0.0641 e. The van der Waals surface area contributed by atoms with E-state index in [2.05, 4.69) is 26.1 Å². The number of halogens is 1. The Bertz CT molecular complexity index is 167. The van der Waals surface area contributed by atoms with Crippen LogP contribution < -0.4 is 0 Å². The summed E-state index contributed by atoms with van der Waals surface area (Å²) in [5.41, 5.74) is 1.11. The molecule has 0 spiro atoms. The van der Waals surface area contributed by atoms with Crippen LogP contribution in [0.2, 0.25) is 0 Å². The molecule has 0 radical (unpaired) electrons. The Hall–Kier alpha value is -0.440. The summed E-state index contributed by atoms with van der Waals surface area (Å²) in [6.07, 6.45) is 3.39. The maximum atomic E-state index is 3.67. The van der Waals surface area contributed by atoms with Crippen molar-refractivity contribution in [1.29, 1.82) is 0 Å². The molecule has 0 aromatic carbocycles. The van der Waals surface area contributed by atoms with Gasteiger partial charge in [-0.2, -0.15) is 10.2 Å². The minimum atomic E-state index is 1.01. The Kier molecular flexibility index (Phi) is 1.58. The summed E-state index contributed by atoms with van der Waals surface area (Å²) in [6.45, 7) is 1.97. The molecule has 3 heteroatoms. The summed E-state index contributed by atoms with van der Waals surface area (Å²) in [5.74, 6) is 0. The van der Waals surface area contributed by atoms with Crippen LogP contribution in [-0.4, -0.2) is 10.2 Å². The van der Waals surface area contributed by atoms with Gasteiger partial charge >= 0.3 is 0 Å². The molecule has 0 saturated carbocycles. The Balaban J connectivity index is 3.13. The predicted octanol–water partition coefficient (Wildman–Crippen LogP) is 1.55. The van der Waals surface area contributed by atoms with Crippen molar-refractivity contribution in [3.63, 3.8) is 0 Å². The first-order valence-electron chi connectivity index (χ1n) is 2.23. The molecule has 0 bridgehead atoms. The summed E-state index contributed by atoms with van der Waals surface area (Å²) in [7, 11) is 0. The van der Waals surface area contributed by atoms with Crippen molar-refractivity contribution in [3.8, 4) is 0 Å². The van der Waals surface area contributed by atoms with Crippen molar-refractivity contribution >= 4 is 15.9 Å². The van der Waals surface area contributed by atoms with E-state index < -0.39 is 0 Å². The van der Waals surface area contributed by atoms with Gasteiger partial charge in [0.2, 0.25) is 0 Å². The zero-order valence-corrected chi connectivity index (χ0v) is 6.01. The van der Waals surface area contributed by atoms with Crippen molar-refractivity contribution in [2.75, 3.05) is 0 Å². The highest BCUT2D eigenvalue weighted by Gasteiger charge is 1.88. The second-order valence-corrected chi connectivity index (χ2v) is 2.37. The standard InChI is InChI=1S/C5H5BrN2/c1-4-2-7-8-3-5(4)6/h2-3H,1H3. The fourth-order valence-electron chi connectivity index (χ4n) is 0.367. The van der Waals surface area contributed by atoms with Crippen LogP contribution in [-0.2, 0) is 0 Å². The lowest BCUT2D eigenvalue weighted by molar-refractivity contribution is 1.00. The third-order valence-corrected chi connectivity index (χ3v) is 1.70. The molecule has 1 aromatic rings. The van der Waals surface area contributed by atoms with Gasteiger partial charge in [-0.05, 0) is 28.4 Å². The van der Waals surface area contributed by atoms with Gasteiger partial charge in [0, 0.05) is 4.47 Å². The average Bonchev–Trinajstić information content (AvgIpc) is 1.77. The highest BCUT2D eigenvalue weighted by atomic mass is 79.9. The molecule has 42 valence electrons. The molecule has 0 amide bonds. The molecular weight excluding hydrogens is 168 g/mol. The van der Waals surface area contributed by atoms with Crippen LogP contribution in [0.5, 0.6) is 0 Å². The van der Waals surface area contributed by atoms with Gasteiger partial charge in [0.15, 0.2) is 0 Å². The van der Waals surface area contributed by atoms with E-state index in [0.717, 1.165) is 10.0 Å². The molecule has 0 atom stereocenters. The first kappa shape index (κ1) is 5.69. The number of hydrogen-bond donors (Lipinski definition) is 0. The van der Waals surface area contributed by atoms with E-state index >= 15 is 0 Å². The summed E-state index contributed by atoms with van der Waals surface area (Å²) < 4.78 is 1.01. The molecule has 2 nitrogen and oxygen atoms in total. The molecule has 0 aliphatic heterocycles. The quantitative estimate of drug-likeness (QED) is 0.594. The van der Waals surface area contributed by atoms with Crippen LogP contribution in [0.4, 0.5) is 0 Å². The van der Waals surface area contributed by atoms with Crippen LogP contribution in [0.3, 0.4) is 0 Å². The predicted molar refractivity (Wildman–Crippen MR) is 34.5 cm³/mol. The summed E-state index contributed by atoms with van der Waals surface area (Å²) in [6, 6.07) is 0. The lowest BCUT2D eigenvalue weighted by Crippen LogP contribution is -1.80. The minimum absolute atomic E-state index is 1.01. The average molecular weight is 173 g/mol. The van der Waals surface area contributed by atoms with E-state index in [1.54, 1.807) is 12.4 Å². The SMILES string of the molecule is Cc1cnncc1Br. The van der Waals surface area contributed by atoms with Gasteiger partial charge in [0.25, 0.3) is 0 Å². The maximum Gasteiger partial charge on any atom is 0.0641 e. The van der Waals surface area contributed by atoms with E-state index in [1.165, 1.54) is 0 Å². The Morgan fingerprint density at radius 3 is 2.38 bits per heavy atom. The minimum Gasteiger partial charge on any atom is -0.159 e. The first-order chi connectivity index (χ1) is 3.80. The zero-order valence-electron chi connectivity index (χ0n) is 4.43. The summed E-state index contributed by atoms with van der Waals surface area (Å²) >= 11 is 3.29. The normalized spacial score (nSPS) is 9.25. The molecule has 0 unspecified atom stereocenters. The fraction of sp³-hybridized carbons (Fsp3) is 0.200. The number of hydrogen-bond acceptors (Lipinski definition) is 2. The summed E-state index contributed by atoms with van der Waals surface area (Å²) in [4.78, 5) is 0. The van der Waals surface area contributed by atoms with Crippen molar-refractivity contribution in [3.05, 3.63) is 22.4 Å². The number of rotatable bonds is 0. The van der Waals surface area contributed by atoms with Gasteiger partial charge in [0.05, 0.1) is 12.4 Å². The lowest BCUT2D eigenvalue weighted by atomic mass is 10.4. The molecular formula is C5H5BrN2. The summed E-state index contributed by atoms with van der Waals surface area (Å²) in [5, 5.41) is 7.31. The molecule has 1 rings (SSSR count). The fourth-order valence-corrected chi connectivity index (χ4v) is 0.561. The van der Waals surface area contributed by atoms with Crippen LogP contribution in [0.15, 0.2) is 16.9 Å². The maximum absolute atomic E-state index is 3.67. The van der Waals surface area contributed by atoms with Gasteiger partial charge in [-0.25, -0.2) is 0 Å². The molecule has 0 aliphatic rings. The molecule has 1 heterocycles. The highest BCUT2D eigenvalue weighted by Crippen LogP contribution is 2.10. The van der Waals surface area contributed by atoms with Gasteiger partial charge in [-0.15, -0.1) is 0 Å². The van der Waals surface area contributed by atoms with Crippen LogP contribution >= 0.6 is 15.9 Å². The number of nitrogens with zero attached hydrogens (tertiary/aromatic N) is 2. The highest BCUT2D eigenvalue weighted by molar-refractivity contribution is 9.10. The third-order valence-electron chi connectivity index (χ3n) is 0.866. The molecule has 0 N–H and O–H groups in total. The Morgan fingerprint density at radius 1 is 1.38 bits per heavy atom. The number of aryl methyl sites for hydroxylation is 1. The van der Waals surface area contributed by atoms with Crippen LogP contribution in [0.1, 0.15) is 5.56 Å². The van der Waals surface area contributed by atoms with Crippen LogP contribution in [0.25, 0.3) is 0 Å². The Morgan fingerprint density at radius 2 is 2.00 bits per heavy atom. The van der Waals surface area contributed by atoms with E-state index in [4.69, 9.17) is 0 Å². The molecule has 0 aliphatic carbocycles. The van der Waals surface area contributed by atoms with Crippen molar-refractivity contribution in [2.24, 2.45) is 0 Å². The van der Waals surface area contributed by atoms with E-state index in [0.29, 0.717) is 0 Å². The van der Waals surface area contributed by atoms with Crippen molar-refractivity contribution in [1.82, 2.24) is 10.2 Å². The second-order valence-electron chi connectivity index (χ2n) is 1.52. The first-order valence-corrected chi connectivity index (χ1v) is 3.03.